The van der Waals surface area contributed by atoms with Crippen LogP contribution in [0, 0.1) is 5.82 Å². The van der Waals surface area contributed by atoms with Crippen molar-refractivity contribution in [1.29, 1.82) is 0 Å². The van der Waals surface area contributed by atoms with Gasteiger partial charge in [-0.2, -0.15) is 5.10 Å². The van der Waals surface area contributed by atoms with Crippen LogP contribution in [0.15, 0.2) is 77.9 Å². The van der Waals surface area contributed by atoms with Crippen molar-refractivity contribution >= 4 is 5.91 Å². The van der Waals surface area contributed by atoms with E-state index in [0.29, 0.717) is 35.7 Å². The molecule has 0 fully saturated rings. The summed E-state index contributed by atoms with van der Waals surface area (Å²) in [5.41, 5.74) is 3.10. The van der Waals surface area contributed by atoms with E-state index in [1.54, 1.807) is 33.8 Å². The third-order valence-electron chi connectivity index (χ3n) is 5.68. The number of amides is 1. The maximum atomic E-state index is 14.1. The Labute approximate surface area is 207 Å². The fraction of sp³-hybridized carbons (Fsp3) is 0.222. The van der Waals surface area contributed by atoms with E-state index < -0.39 is 5.82 Å². The molecule has 0 saturated heterocycles. The average Bonchev–Trinajstić information content (AvgIpc) is 3.28. The fourth-order valence-corrected chi connectivity index (χ4v) is 3.78. The molecular formula is C27H27FN4O4. The Morgan fingerprint density at radius 1 is 1.03 bits per heavy atom. The van der Waals surface area contributed by atoms with Gasteiger partial charge >= 0.3 is 0 Å². The number of hydrogen-bond acceptors (Lipinski definition) is 5. The normalized spacial score (nSPS) is 10.9. The minimum absolute atomic E-state index is 0.00539. The van der Waals surface area contributed by atoms with Crippen molar-refractivity contribution in [3.05, 3.63) is 117 Å². The van der Waals surface area contributed by atoms with Crippen LogP contribution in [0.4, 0.5) is 4.39 Å². The van der Waals surface area contributed by atoms with Crippen LogP contribution in [0.5, 0.6) is 5.75 Å². The van der Waals surface area contributed by atoms with E-state index in [0.717, 1.165) is 11.1 Å². The molecule has 0 spiro atoms. The quantitative estimate of drug-likeness (QED) is 0.368. The standard InChI is InChI=1S/C27H27FN4O4/c1-35-18-25-23(27(34)29-14-21-13-22(36-2)10-11-24(21)28)17-32(30-25)16-20-8-6-19(7-9-20)15-31-12-4-3-5-26(31)33/h3-13,17H,14-16,18H2,1-2H3,(H,29,34). The first kappa shape index (κ1) is 24.9. The lowest BCUT2D eigenvalue weighted by Crippen LogP contribution is -2.24. The van der Waals surface area contributed by atoms with Crippen LogP contribution in [0.2, 0.25) is 0 Å². The van der Waals surface area contributed by atoms with Gasteiger partial charge in [0.05, 0.1) is 32.4 Å². The lowest BCUT2D eigenvalue weighted by molar-refractivity contribution is 0.0945. The topological polar surface area (TPSA) is 87.4 Å². The van der Waals surface area contributed by atoms with Gasteiger partial charge in [0, 0.05) is 37.7 Å². The molecule has 4 aromatic rings. The van der Waals surface area contributed by atoms with Crippen molar-refractivity contribution in [1.82, 2.24) is 19.7 Å². The Morgan fingerprint density at radius 3 is 2.47 bits per heavy atom. The highest BCUT2D eigenvalue weighted by atomic mass is 19.1. The molecule has 2 aromatic heterocycles. The first-order valence-electron chi connectivity index (χ1n) is 11.4. The molecule has 36 heavy (non-hydrogen) atoms. The van der Waals surface area contributed by atoms with Crippen LogP contribution >= 0.6 is 0 Å². The lowest BCUT2D eigenvalue weighted by atomic mass is 10.1. The number of carbonyl (C=O) groups excluding carboxylic acids is 1. The van der Waals surface area contributed by atoms with Gasteiger partial charge in [-0.15, -0.1) is 0 Å². The Bertz CT molecular complexity index is 1400. The molecule has 0 saturated carbocycles. The predicted molar refractivity (Wildman–Crippen MR) is 132 cm³/mol. The summed E-state index contributed by atoms with van der Waals surface area (Å²) in [4.78, 5) is 24.8. The Balaban J connectivity index is 1.44. The number of benzene rings is 2. The summed E-state index contributed by atoms with van der Waals surface area (Å²) in [6.45, 7) is 1.09. The van der Waals surface area contributed by atoms with Crippen LogP contribution < -0.4 is 15.6 Å². The summed E-state index contributed by atoms with van der Waals surface area (Å²) in [5, 5.41) is 7.26. The van der Waals surface area contributed by atoms with E-state index >= 15 is 0 Å². The zero-order valence-electron chi connectivity index (χ0n) is 20.1. The number of hydrogen-bond donors (Lipinski definition) is 1. The van der Waals surface area contributed by atoms with Gasteiger partial charge in [-0.25, -0.2) is 4.39 Å². The number of aromatic nitrogens is 3. The van der Waals surface area contributed by atoms with E-state index in [9.17, 15) is 14.0 Å². The maximum Gasteiger partial charge on any atom is 0.255 e. The fourth-order valence-electron chi connectivity index (χ4n) is 3.78. The van der Waals surface area contributed by atoms with E-state index in [1.807, 2.05) is 30.3 Å². The molecule has 0 bridgehead atoms. The molecule has 0 aliphatic carbocycles. The highest BCUT2D eigenvalue weighted by Gasteiger charge is 2.17. The second-order valence-corrected chi connectivity index (χ2v) is 8.24. The highest BCUT2D eigenvalue weighted by Crippen LogP contribution is 2.17. The van der Waals surface area contributed by atoms with Crippen molar-refractivity contribution in [3.8, 4) is 5.75 Å². The molecule has 8 nitrogen and oxygen atoms in total. The summed E-state index contributed by atoms with van der Waals surface area (Å²) in [7, 11) is 3.03. The highest BCUT2D eigenvalue weighted by molar-refractivity contribution is 5.95. The van der Waals surface area contributed by atoms with Gasteiger partial charge in [0.25, 0.3) is 11.5 Å². The number of nitrogens with one attached hydrogen (secondary N) is 1. The third kappa shape index (κ3) is 6.05. The molecule has 2 heterocycles. The Hall–Kier alpha value is -4.24. The van der Waals surface area contributed by atoms with Crippen LogP contribution in [0.1, 0.15) is 32.7 Å². The smallest absolute Gasteiger partial charge is 0.255 e. The van der Waals surface area contributed by atoms with E-state index in [1.165, 1.54) is 32.4 Å². The molecule has 186 valence electrons. The first-order valence-corrected chi connectivity index (χ1v) is 11.4. The number of ether oxygens (including phenoxy) is 2. The Morgan fingerprint density at radius 2 is 1.78 bits per heavy atom. The van der Waals surface area contributed by atoms with E-state index in [-0.39, 0.29) is 24.6 Å². The summed E-state index contributed by atoms with van der Waals surface area (Å²) in [6.07, 6.45) is 3.41. The largest absolute Gasteiger partial charge is 0.497 e. The molecule has 1 amide bonds. The SMILES string of the molecule is COCc1nn(Cc2ccc(Cn3ccccc3=O)cc2)cc1C(=O)NCc1cc(OC)ccc1F. The van der Waals surface area contributed by atoms with E-state index in [2.05, 4.69) is 10.4 Å². The van der Waals surface area contributed by atoms with Gasteiger partial charge in [-0.05, 0) is 35.4 Å². The van der Waals surface area contributed by atoms with E-state index in [4.69, 9.17) is 9.47 Å². The summed E-state index contributed by atoms with van der Waals surface area (Å²) in [5.74, 6) is -0.293. The molecule has 0 aliphatic rings. The zero-order chi connectivity index (χ0) is 25.5. The second-order valence-electron chi connectivity index (χ2n) is 8.24. The number of rotatable bonds is 10. The summed E-state index contributed by atoms with van der Waals surface area (Å²) in [6, 6.07) is 17.3. The lowest BCUT2D eigenvalue weighted by Gasteiger charge is -2.08. The van der Waals surface area contributed by atoms with Crippen molar-refractivity contribution in [3.63, 3.8) is 0 Å². The number of pyridine rings is 1. The Kier molecular flexibility index (Phi) is 7.92. The van der Waals surface area contributed by atoms with Crippen LogP contribution in [0.3, 0.4) is 0 Å². The summed E-state index contributed by atoms with van der Waals surface area (Å²) < 4.78 is 27.8. The zero-order valence-corrected chi connectivity index (χ0v) is 20.1. The minimum atomic E-state index is -0.426. The van der Waals surface area contributed by atoms with Gasteiger partial charge in [-0.3, -0.25) is 14.3 Å². The van der Waals surface area contributed by atoms with Gasteiger partial charge in [0.1, 0.15) is 17.3 Å². The monoisotopic (exact) mass is 490 g/mol. The molecule has 4 rings (SSSR count). The molecule has 0 aliphatic heterocycles. The van der Waals surface area contributed by atoms with Crippen molar-refractivity contribution in [2.24, 2.45) is 0 Å². The molecule has 0 unspecified atom stereocenters. The summed E-state index contributed by atoms with van der Waals surface area (Å²) >= 11 is 0. The van der Waals surface area contributed by atoms with Crippen molar-refractivity contribution in [2.45, 2.75) is 26.2 Å². The maximum absolute atomic E-state index is 14.1. The molecule has 0 radical (unpaired) electrons. The predicted octanol–water partition coefficient (Wildman–Crippen LogP) is 3.37. The molecule has 9 heteroatoms. The number of nitrogens with zero attached hydrogens (tertiary/aromatic N) is 3. The molecular weight excluding hydrogens is 463 g/mol. The molecule has 1 N–H and O–H groups in total. The van der Waals surface area contributed by atoms with Crippen LogP contribution in [-0.2, 0) is 31.0 Å². The van der Waals surface area contributed by atoms with Crippen molar-refractivity contribution < 1.29 is 18.7 Å². The third-order valence-corrected chi connectivity index (χ3v) is 5.68. The average molecular weight is 491 g/mol. The minimum Gasteiger partial charge on any atom is -0.497 e. The number of carbonyl (C=O) groups is 1. The second kappa shape index (κ2) is 11.5. The van der Waals surface area contributed by atoms with Gasteiger partial charge in [0.2, 0.25) is 0 Å². The first-order chi connectivity index (χ1) is 17.5. The van der Waals surface area contributed by atoms with Crippen molar-refractivity contribution in [2.75, 3.05) is 14.2 Å². The molecule has 0 atom stereocenters. The van der Waals surface area contributed by atoms with Gasteiger partial charge < -0.3 is 19.4 Å². The number of methoxy groups -OCH3 is 2. The van der Waals surface area contributed by atoms with Crippen LogP contribution in [-0.4, -0.2) is 34.5 Å². The molecule has 2 aromatic carbocycles. The number of halogens is 1. The van der Waals surface area contributed by atoms with Gasteiger partial charge in [-0.1, -0.05) is 30.3 Å². The van der Waals surface area contributed by atoms with Gasteiger partial charge in [0.15, 0.2) is 0 Å². The van der Waals surface area contributed by atoms with Crippen LogP contribution in [0.25, 0.3) is 0 Å².